The molecule has 0 aliphatic carbocycles. The molecule has 7 heteroatoms. The first-order chi connectivity index (χ1) is 11.4. The SMILES string of the molecule is COc1cccc(CS(=O)(=O)C=C2C(=O)Nc3ccc(Br)cc32)c1. The smallest absolute Gasteiger partial charge is 0.257 e. The third-order valence-electron chi connectivity index (χ3n) is 3.56. The number of methoxy groups -OCH3 is 1. The Labute approximate surface area is 148 Å². The predicted molar refractivity (Wildman–Crippen MR) is 96.4 cm³/mol. The van der Waals surface area contributed by atoms with Gasteiger partial charge < -0.3 is 10.1 Å². The molecule has 0 atom stereocenters. The summed E-state index contributed by atoms with van der Waals surface area (Å²) in [5, 5.41) is 3.71. The van der Waals surface area contributed by atoms with Crippen molar-refractivity contribution in [3.8, 4) is 5.75 Å². The van der Waals surface area contributed by atoms with Gasteiger partial charge in [0, 0.05) is 21.1 Å². The van der Waals surface area contributed by atoms with Gasteiger partial charge in [0.1, 0.15) is 5.75 Å². The van der Waals surface area contributed by atoms with E-state index in [-0.39, 0.29) is 11.3 Å². The van der Waals surface area contributed by atoms with E-state index < -0.39 is 15.7 Å². The molecular formula is C17H14BrNO4S. The third-order valence-corrected chi connectivity index (χ3v) is 5.39. The summed E-state index contributed by atoms with van der Waals surface area (Å²) >= 11 is 3.33. The van der Waals surface area contributed by atoms with Crippen LogP contribution in [0.25, 0.3) is 5.57 Å². The Bertz CT molecular complexity index is 951. The fourth-order valence-electron chi connectivity index (χ4n) is 2.49. The summed E-state index contributed by atoms with van der Waals surface area (Å²) in [7, 11) is -2.10. The van der Waals surface area contributed by atoms with Crippen molar-refractivity contribution in [2.75, 3.05) is 12.4 Å². The van der Waals surface area contributed by atoms with Gasteiger partial charge in [0.2, 0.25) is 0 Å². The normalized spacial score (nSPS) is 15.2. The van der Waals surface area contributed by atoms with E-state index in [0.717, 1.165) is 9.88 Å². The molecule has 0 radical (unpaired) electrons. The molecule has 0 bridgehead atoms. The van der Waals surface area contributed by atoms with Crippen LogP contribution in [0, 0.1) is 0 Å². The van der Waals surface area contributed by atoms with Gasteiger partial charge in [-0.3, -0.25) is 4.79 Å². The number of hydrogen-bond donors (Lipinski definition) is 1. The second kappa shape index (κ2) is 6.41. The second-order valence-electron chi connectivity index (χ2n) is 5.33. The van der Waals surface area contributed by atoms with Gasteiger partial charge in [-0.1, -0.05) is 28.1 Å². The number of anilines is 1. The Morgan fingerprint density at radius 2 is 2.00 bits per heavy atom. The standard InChI is InChI=1S/C17H14BrNO4S/c1-23-13-4-2-3-11(7-13)9-24(21,22)10-15-14-8-12(18)5-6-16(14)19-17(15)20/h2-8,10H,9H2,1H3,(H,19,20). The van der Waals surface area contributed by atoms with Gasteiger partial charge in [-0.05, 0) is 35.9 Å². The maximum absolute atomic E-state index is 12.5. The maximum Gasteiger partial charge on any atom is 0.257 e. The quantitative estimate of drug-likeness (QED) is 0.788. The zero-order valence-corrected chi connectivity index (χ0v) is 15.1. The first kappa shape index (κ1) is 16.7. The second-order valence-corrected chi connectivity index (χ2v) is 8.10. The molecule has 5 nitrogen and oxygen atoms in total. The Balaban J connectivity index is 1.95. The number of benzene rings is 2. The van der Waals surface area contributed by atoms with Crippen LogP contribution in [-0.2, 0) is 20.4 Å². The molecule has 0 unspecified atom stereocenters. The van der Waals surface area contributed by atoms with Crippen molar-refractivity contribution in [1.29, 1.82) is 0 Å². The number of sulfone groups is 1. The number of fused-ring (bicyclic) bond motifs is 1. The van der Waals surface area contributed by atoms with E-state index in [1.165, 1.54) is 7.11 Å². The summed E-state index contributed by atoms with van der Waals surface area (Å²) in [6.45, 7) is 0. The largest absolute Gasteiger partial charge is 0.497 e. The van der Waals surface area contributed by atoms with Gasteiger partial charge >= 0.3 is 0 Å². The van der Waals surface area contributed by atoms with Crippen LogP contribution in [0.3, 0.4) is 0 Å². The summed E-state index contributed by atoms with van der Waals surface area (Å²) in [5.74, 6) is -0.0369. The molecule has 1 amide bonds. The Hall–Kier alpha value is -2.12. The van der Waals surface area contributed by atoms with Gasteiger partial charge in [0.15, 0.2) is 9.84 Å². The molecule has 0 saturated heterocycles. The van der Waals surface area contributed by atoms with Crippen LogP contribution in [0.4, 0.5) is 5.69 Å². The lowest BCUT2D eigenvalue weighted by Crippen LogP contribution is -2.07. The number of carbonyl (C=O) groups excluding carboxylic acids is 1. The van der Waals surface area contributed by atoms with Crippen LogP contribution in [0.2, 0.25) is 0 Å². The molecule has 0 spiro atoms. The number of ether oxygens (including phenoxy) is 1. The molecule has 2 aromatic rings. The van der Waals surface area contributed by atoms with E-state index in [1.54, 1.807) is 42.5 Å². The highest BCUT2D eigenvalue weighted by molar-refractivity contribution is 9.10. The number of hydrogen-bond acceptors (Lipinski definition) is 4. The zero-order chi connectivity index (χ0) is 17.3. The molecule has 1 heterocycles. The van der Waals surface area contributed by atoms with Crippen LogP contribution in [0.1, 0.15) is 11.1 Å². The van der Waals surface area contributed by atoms with Gasteiger partial charge in [0.25, 0.3) is 5.91 Å². The van der Waals surface area contributed by atoms with Crippen molar-refractivity contribution < 1.29 is 17.9 Å². The predicted octanol–water partition coefficient (Wildman–Crippen LogP) is 3.37. The Kier molecular flexibility index (Phi) is 4.47. The fourth-order valence-corrected chi connectivity index (χ4v) is 4.17. The lowest BCUT2D eigenvalue weighted by molar-refractivity contribution is -0.110. The topological polar surface area (TPSA) is 72.5 Å². The van der Waals surface area contributed by atoms with Crippen molar-refractivity contribution in [2.24, 2.45) is 0 Å². The minimum absolute atomic E-state index is 0.147. The van der Waals surface area contributed by atoms with Crippen molar-refractivity contribution in [3.63, 3.8) is 0 Å². The molecule has 1 aliphatic rings. The average Bonchev–Trinajstić information content (AvgIpc) is 2.82. The Morgan fingerprint density at radius 3 is 2.75 bits per heavy atom. The lowest BCUT2D eigenvalue weighted by atomic mass is 10.1. The third kappa shape index (κ3) is 3.52. The Morgan fingerprint density at radius 1 is 1.21 bits per heavy atom. The molecular weight excluding hydrogens is 394 g/mol. The molecule has 1 N–H and O–H groups in total. The number of rotatable bonds is 4. The maximum atomic E-state index is 12.5. The van der Waals surface area contributed by atoms with Crippen molar-refractivity contribution in [1.82, 2.24) is 0 Å². The number of carbonyl (C=O) groups is 1. The molecule has 0 aromatic heterocycles. The number of halogens is 1. The van der Waals surface area contributed by atoms with Crippen LogP contribution < -0.4 is 10.1 Å². The number of nitrogens with one attached hydrogen (secondary N) is 1. The molecule has 124 valence electrons. The molecule has 24 heavy (non-hydrogen) atoms. The van der Waals surface area contributed by atoms with Gasteiger partial charge in [0.05, 0.1) is 18.4 Å². The fraction of sp³-hybridized carbons (Fsp3) is 0.118. The average molecular weight is 408 g/mol. The van der Waals surface area contributed by atoms with E-state index in [9.17, 15) is 13.2 Å². The van der Waals surface area contributed by atoms with E-state index in [1.807, 2.05) is 0 Å². The molecule has 0 saturated carbocycles. The van der Waals surface area contributed by atoms with E-state index in [4.69, 9.17) is 4.74 Å². The summed E-state index contributed by atoms with van der Waals surface area (Å²) in [4.78, 5) is 12.1. The monoisotopic (exact) mass is 407 g/mol. The highest BCUT2D eigenvalue weighted by Crippen LogP contribution is 2.34. The van der Waals surface area contributed by atoms with Crippen molar-refractivity contribution in [3.05, 3.63) is 63.5 Å². The lowest BCUT2D eigenvalue weighted by Gasteiger charge is -2.04. The molecule has 2 aromatic carbocycles. The summed E-state index contributed by atoms with van der Waals surface area (Å²) in [6, 6.07) is 12.1. The summed E-state index contributed by atoms with van der Waals surface area (Å²) < 4.78 is 30.8. The summed E-state index contributed by atoms with van der Waals surface area (Å²) in [5.41, 5.74) is 1.92. The van der Waals surface area contributed by atoms with E-state index in [2.05, 4.69) is 21.2 Å². The van der Waals surface area contributed by atoms with Gasteiger partial charge in [-0.25, -0.2) is 8.42 Å². The van der Waals surface area contributed by atoms with Crippen LogP contribution in [-0.4, -0.2) is 21.4 Å². The van der Waals surface area contributed by atoms with Crippen molar-refractivity contribution in [2.45, 2.75) is 5.75 Å². The van der Waals surface area contributed by atoms with Crippen LogP contribution >= 0.6 is 15.9 Å². The number of amides is 1. The molecule has 3 rings (SSSR count). The van der Waals surface area contributed by atoms with Crippen LogP contribution in [0.5, 0.6) is 5.75 Å². The first-order valence-electron chi connectivity index (χ1n) is 7.06. The highest BCUT2D eigenvalue weighted by Gasteiger charge is 2.26. The minimum atomic E-state index is -3.63. The highest BCUT2D eigenvalue weighted by atomic mass is 79.9. The van der Waals surface area contributed by atoms with E-state index in [0.29, 0.717) is 22.6 Å². The van der Waals surface area contributed by atoms with E-state index >= 15 is 0 Å². The zero-order valence-electron chi connectivity index (χ0n) is 12.7. The van der Waals surface area contributed by atoms with Gasteiger partial charge in [-0.2, -0.15) is 0 Å². The molecule has 1 aliphatic heterocycles. The first-order valence-corrected chi connectivity index (χ1v) is 9.57. The molecule has 0 fully saturated rings. The van der Waals surface area contributed by atoms with Gasteiger partial charge in [-0.15, -0.1) is 0 Å². The summed E-state index contributed by atoms with van der Waals surface area (Å²) in [6.07, 6.45) is 0. The van der Waals surface area contributed by atoms with Crippen molar-refractivity contribution >= 4 is 42.9 Å². The van der Waals surface area contributed by atoms with Crippen LogP contribution in [0.15, 0.2) is 52.3 Å². The minimum Gasteiger partial charge on any atom is -0.497 e.